The van der Waals surface area contributed by atoms with Gasteiger partial charge in [-0.2, -0.15) is 5.10 Å². The third kappa shape index (κ3) is 5.41. The van der Waals surface area contributed by atoms with Gasteiger partial charge in [0, 0.05) is 25.1 Å². The highest BCUT2D eigenvalue weighted by molar-refractivity contribution is 5.91. The summed E-state index contributed by atoms with van der Waals surface area (Å²) in [5.41, 5.74) is 2.89. The lowest BCUT2D eigenvalue weighted by molar-refractivity contribution is -0.115. The molecule has 0 aliphatic rings. The van der Waals surface area contributed by atoms with Crippen molar-refractivity contribution in [2.75, 3.05) is 32.1 Å². The van der Waals surface area contributed by atoms with E-state index in [-0.39, 0.29) is 17.9 Å². The average molecular weight is 344 g/mol. The van der Waals surface area contributed by atoms with E-state index in [9.17, 15) is 4.79 Å². The molecule has 2 N–H and O–H groups in total. The number of nitrogens with one attached hydrogen (secondary N) is 2. The molecular formula is C19H28N4O2. The summed E-state index contributed by atoms with van der Waals surface area (Å²) in [4.78, 5) is 12.2. The summed E-state index contributed by atoms with van der Waals surface area (Å²) in [6, 6.07) is 10.00. The molecule has 2 aromatic rings. The number of hydrogen-bond acceptors (Lipinski definition) is 4. The van der Waals surface area contributed by atoms with Crippen LogP contribution in [0.4, 0.5) is 5.82 Å². The van der Waals surface area contributed by atoms with Gasteiger partial charge in [0.2, 0.25) is 5.91 Å². The fraction of sp³-hybridized carbons (Fsp3) is 0.474. The summed E-state index contributed by atoms with van der Waals surface area (Å²) in [7, 11) is 1.64. The van der Waals surface area contributed by atoms with Crippen LogP contribution in [0.3, 0.4) is 0 Å². The summed E-state index contributed by atoms with van der Waals surface area (Å²) in [5.74, 6) is 0.569. The zero-order valence-electron chi connectivity index (χ0n) is 15.7. The van der Waals surface area contributed by atoms with Crippen molar-refractivity contribution < 1.29 is 9.53 Å². The van der Waals surface area contributed by atoms with Gasteiger partial charge in [0.25, 0.3) is 0 Å². The molecule has 0 fully saturated rings. The van der Waals surface area contributed by atoms with Crippen LogP contribution in [-0.2, 0) is 14.9 Å². The number of nitrogens with zero attached hydrogens (tertiary/aromatic N) is 2. The average Bonchev–Trinajstić information content (AvgIpc) is 2.95. The SMILES string of the molecule is COCCNCC(=O)Nc1cc(C(C)(C)C)nn1-c1cccc(C)c1. The molecule has 2 rings (SSSR count). The number of ether oxygens (including phenoxy) is 1. The van der Waals surface area contributed by atoms with Crippen molar-refractivity contribution in [1.29, 1.82) is 0 Å². The molecule has 6 heteroatoms. The van der Waals surface area contributed by atoms with Gasteiger partial charge in [-0.1, -0.05) is 32.9 Å². The van der Waals surface area contributed by atoms with Crippen LogP contribution in [0.1, 0.15) is 32.0 Å². The summed E-state index contributed by atoms with van der Waals surface area (Å²) in [5, 5.41) is 10.7. The number of carbonyl (C=O) groups excluding carboxylic acids is 1. The topological polar surface area (TPSA) is 68.2 Å². The van der Waals surface area contributed by atoms with E-state index in [0.717, 1.165) is 16.9 Å². The van der Waals surface area contributed by atoms with Crippen LogP contribution in [-0.4, -0.2) is 42.5 Å². The molecule has 25 heavy (non-hydrogen) atoms. The predicted molar refractivity (Wildman–Crippen MR) is 100 cm³/mol. The summed E-state index contributed by atoms with van der Waals surface area (Å²) < 4.78 is 6.75. The van der Waals surface area contributed by atoms with Gasteiger partial charge in [0.1, 0.15) is 5.82 Å². The Kier molecular flexibility index (Phi) is 6.33. The Morgan fingerprint density at radius 3 is 2.68 bits per heavy atom. The largest absolute Gasteiger partial charge is 0.383 e. The normalized spacial score (nSPS) is 11.6. The Balaban J connectivity index is 2.23. The number of benzene rings is 1. The molecule has 1 heterocycles. The molecule has 136 valence electrons. The fourth-order valence-corrected chi connectivity index (χ4v) is 2.36. The predicted octanol–water partition coefficient (Wildman–Crippen LogP) is 2.65. The third-order valence-electron chi connectivity index (χ3n) is 3.76. The molecule has 0 atom stereocenters. The van der Waals surface area contributed by atoms with E-state index in [4.69, 9.17) is 9.84 Å². The molecular weight excluding hydrogens is 316 g/mol. The van der Waals surface area contributed by atoms with E-state index in [2.05, 4.69) is 31.4 Å². The second-order valence-electron chi connectivity index (χ2n) is 7.13. The fourth-order valence-electron chi connectivity index (χ4n) is 2.36. The summed E-state index contributed by atoms with van der Waals surface area (Å²) in [6.07, 6.45) is 0. The molecule has 1 aromatic heterocycles. The first-order chi connectivity index (χ1) is 11.8. The van der Waals surface area contributed by atoms with Crippen LogP contribution in [0.15, 0.2) is 30.3 Å². The van der Waals surface area contributed by atoms with Crippen LogP contribution in [0, 0.1) is 6.92 Å². The highest BCUT2D eigenvalue weighted by Gasteiger charge is 2.21. The monoisotopic (exact) mass is 344 g/mol. The van der Waals surface area contributed by atoms with Crippen molar-refractivity contribution in [3.8, 4) is 5.69 Å². The number of carbonyl (C=O) groups is 1. The van der Waals surface area contributed by atoms with Gasteiger partial charge in [-0.3, -0.25) is 4.79 Å². The molecule has 0 bridgehead atoms. The first-order valence-electron chi connectivity index (χ1n) is 8.48. The molecule has 0 saturated carbocycles. The molecule has 1 amide bonds. The summed E-state index contributed by atoms with van der Waals surface area (Å²) >= 11 is 0. The van der Waals surface area contributed by atoms with Crippen molar-refractivity contribution in [2.24, 2.45) is 0 Å². The van der Waals surface area contributed by atoms with Crippen molar-refractivity contribution >= 4 is 11.7 Å². The quantitative estimate of drug-likeness (QED) is 0.758. The first kappa shape index (κ1) is 19.1. The maximum Gasteiger partial charge on any atom is 0.239 e. The number of aromatic nitrogens is 2. The third-order valence-corrected chi connectivity index (χ3v) is 3.76. The molecule has 0 saturated heterocycles. The van der Waals surface area contributed by atoms with E-state index < -0.39 is 0 Å². The highest BCUT2D eigenvalue weighted by Crippen LogP contribution is 2.26. The lowest BCUT2D eigenvalue weighted by Gasteiger charge is -2.14. The molecule has 0 aliphatic heterocycles. The van der Waals surface area contributed by atoms with Crippen molar-refractivity contribution in [3.05, 3.63) is 41.6 Å². The first-order valence-corrected chi connectivity index (χ1v) is 8.48. The maximum absolute atomic E-state index is 12.2. The zero-order valence-corrected chi connectivity index (χ0v) is 15.7. The smallest absolute Gasteiger partial charge is 0.239 e. The van der Waals surface area contributed by atoms with E-state index in [1.807, 2.05) is 37.3 Å². The molecule has 0 unspecified atom stereocenters. The number of aryl methyl sites for hydroxylation is 1. The molecule has 0 aliphatic carbocycles. The second-order valence-corrected chi connectivity index (χ2v) is 7.13. The number of anilines is 1. The van der Waals surface area contributed by atoms with Gasteiger partial charge < -0.3 is 15.4 Å². The van der Waals surface area contributed by atoms with Crippen LogP contribution in [0.25, 0.3) is 5.69 Å². The van der Waals surface area contributed by atoms with Crippen LogP contribution >= 0.6 is 0 Å². The Morgan fingerprint density at radius 1 is 1.28 bits per heavy atom. The Bertz CT molecular complexity index is 716. The number of methoxy groups -OCH3 is 1. The van der Waals surface area contributed by atoms with Crippen molar-refractivity contribution in [1.82, 2.24) is 15.1 Å². The van der Waals surface area contributed by atoms with Gasteiger partial charge >= 0.3 is 0 Å². The highest BCUT2D eigenvalue weighted by atomic mass is 16.5. The lowest BCUT2D eigenvalue weighted by Crippen LogP contribution is -2.30. The van der Waals surface area contributed by atoms with Crippen LogP contribution < -0.4 is 10.6 Å². The van der Waals surface area contributed by atoms with Crippen molar-refractivity contribution in [2.45, 2.75) is 33.1 Å². The lowest BCUT2D eigenvalue weighted by atomic mass is 9.92. The second kappa shape index (κ2) is 8.27. The molecule has 1 aromatic carbocycles. The minimum atomic E-state index is -0.106. The number of hydrogen-bond donors (Lipinski definition) is 2. The minimum Gasteiger partial charge on any atom is -0.383 e. The van der Waals surface area contributed by atoms with E-state index in [1.54, 1.807) is 11.8 Å². The Labute approximate surface area is 149 Å². The van der Waals surface area contributed by atoms with E-state index in [1.165, 1.54) is 0 Å². The minimum absolute atomic E-state index is 0.106. The van der Waals surface area contributed by atoms with E-state index >= 15 is 0 Å². The van der Waals surface area contributed by atoms with Crippen LogP contribution in [0.5, 0.6) is 0 Å². The Hall–Kier alpha value is -2.18. The van der Waals surface area contributed by atoms with E-state index in [0.29, 0.717) is 19.0 Å². The van der Waals surface area contributed by atoms with Gasteiger partial charge in [-0.05, 0) is 24.6 Å². The van der Waals surface area contributed by atoms with Crippen molar-refractivity contribution in [3.63, 3.8) is 0 Å². The Morgan fingerprint density at radius 2 is 2.04 bits per heavy atom. The van der Waals surface area contributed by atoms with Gasteiger partial charge in [-0.15, -0.1) is 0 Å². The van der Waals surface area contributed by atoms with Gasteiger partial charge in [0.15, 0.2) is 0 Å². The summed E-state index contributed by atoms with van der Waals surface area (Å²) in [6.45, 7) is 9.79. The standard InChI is InChI=1S/C19H28N4O2/c1-14-7-6-8-15(11-14)23-17(12-16(22-23)19(2,3)4)21-18(24)13-20-9-10-25-5/h6-8,11-12,20H,9-10,13H2,1-5H3,(H,21,24). The zero-order chi connectivity index (χ0) is 18.4. The molecule has 0 radical (unpaired) electrons. The number of rotatable bonds is 7. The van der Waals surface area contributed by atoms with Crippen LogP contribution in [0.2, 0.25) is 0 Å². The molecule has 6 nitrogen and oxygen atoms in total. The van der Waals surface area contributed by atoms with Gasteiger partial charge in [-0.25, -0.2) is 4.68 Å². The maximum atomic E-state index is 12.2. The number of amides is 1. The molecule has 0 spiro atoms. The van der Waals surface area contributed by atoms with Gasteiger partial charge in [0.05, 0.1) is 24.5 Å².